The van der Waals surface area contributed by atoms with E-state index in [0.29, 0.717) is 0 Å². The highest BCUT2D eigenvalue weighted by Gasteiger charge is 1.97. The maximum absolute atomic E-state index is 10.2. The summed E-state index contributed by atoms with van der Waals surface area (Å²) >= 11 is 0. The molecular formula is C9H18O2. The van der Waals surface area contributed by atoms with E-state index < -0.39 is 0 Å². The minimum Gasteiger partial charge on any atom is -0.382 e. The van der Waals surface area contributed by atoms with Gasteiger partial charge in [0.1, 0.15) is 6.29 Å². The van der Waals surface area contributed by atoms with Crippen molar-refractivity contribution >= 4 is 6.29 Å². The Balaban J connectivity index is 2.95. The molecule has 0 heterocycles. The Labute approximate surface area is 68.9 Å². The molecule has 0 aliphatic carbocycles. The van der Waals surface area contributed by atoms with Crippen molar-refractivity contribution in [3.8, 4) is 0 Å². The summed E-state index contributed by atoms with van der Waals surface area (Å²) in [6.07, 6.45) is 4.18. The molecule has 0 radical (unpaired) electrons. The van der Waals surface area contributed by atoms with E-state index in [9.17, 15) is 4.79 Å². The third-order valence-corrected chi connectivity index (χ3v) is 1.63. The predicted molar refractivity (Wildman–Crippen MR) is 45.6 cm³/mol. The van der Waals surface area contributed by atoms with Gasteiger partial charge in [0.25, 0.3) is 0 Å². The van der Waals surface area contributed by atoms with Crippen LogP contribution in [0.5, 0.6) is 0 Å². The molecule has 1 unspecified atom stereocenters. The third-order valence-electron chi connectivity index (χ3n) is 1.63. The zero-order valence-corrected chi connectivity index (χ0v) is 7.51. The van der Waals surface area contributed by atoms with Gasteiger partial charge in [0.05, 0.1) is 0 Å². The predicted octanol–water partition coefficient (Wildman–Crippen LogP) is 2.03. The topological polar surface area (TPSA) is 26.3 Å². The first-order valence-electron chi connectivity index (χ1n) is 4.34. The Morgan fingerprint density at radius 1 is 1.45 bits per heavy atom. The fraction of sp³-hybridized carbons (Fsp3) is 0.889. The Morgan fingerprint density at radius 2 is 2.18 bits per heavy atom. The van der Waals surface area contributed by atoms with Gasteiger partial charge in [-0.3, -0.25) is 0 Å². The molecule has 0 spiro atoms. The molecule has 0 aromatic heterocycles. The summed E-state index contributed by atoms with van der Waals surface area (Å²) in [6, 6.07) is 0. The number of ether oxygens (including phenoxy) is 1. The van der Waals surface area contributed by atoms with Crippen molar-refractivity contribution in [3.05, 3.63) is 0 Å². The van der Waals surface area contributed by atoms with Gasteiger partial charge >= 0.3 is 0 Å². The van der Waals surface area contributed by atoms with Crippen LogP contribution in [-0.2, 0) is 9.53 Å². The van der Waals surface area contributed by atoms with Crippen LogP contribution in [0.25, 0.3) is 0 Å². The van der Waals surface area contributed by atoms with Crippen molar-refractivity contribution in [2.24, 2.45) is 5.92 Å². The second kappa shape index (κ2) is 7.73. The van der Waals surface area contributed by atoms with Crippen LogP contribution in [0.1, 0.15) is 33.1 Å². The number of unbranched alkanes of at least 4 members (excludes halogenated alkanes) is 1. The van der Waals surface area contributed by atoms with Gasteiger partial charge in [-0.15, -0.1) is 0 Å². The zero-order valence-electron chi connectivity index (χ0n) is 7.51. The lowest BCUT2D eigenvalue weighted by Crippen LogP contribution is -1.98. The molecule has 0 aliphatic rings. The van der Waals surface area contributed by atoms with E-state index in [1.54, 1.807) is 0 Å². The first-order valence-corrected chi connectivity index (χ1v) is 4.34. The molecule has 0 aromatic carbocycles. The molecule has 2 heteroatoms. The van der Waals surface area contributed by atoms with Gasteiger partial charge in [-0.25, -0.2) is 0 Å². The standard InChI is InChI=1S/C9H18O2/c1-3-11-7-5-4-6-9(2)8-10/h8-9H,3-7H2,1-2H3. The summed E-state index contributed by atoms with van der Waals surface area (Å²) < 4.78 is 5.16. The Kier molecular flexibility index (Phi) is 7.47. The van der Waals surface area contributed by atoms with Gasteiger partial charge in [0.2, 0.25) is 0 Å². The van der Waals surface area contributed by atoms with Crippen molar-refractivity contribution in [3.63, 3.8) is 0 Å². The molecule has 0 N–H and O–H groups in total. The van der Waals surface area contributed by atoms with E-state index in [-0.39, 0.29) is 5.92 Å². The summed E-state index contributed by atoms with van der Waals surface area (Å²) in [4.78, 5) is 10.2. The third kappa shape index (κ3) is 7.53. The van der Waals surface area contributed by atoms with E-state index in [0.717, 1.165) is 38.8 Å². The Bertz CT molecular complexity index is 91.6. The smallest absolute Gasteiger partial charge is 0.122 e. The molecule has 0 rings (SSSR count). The quantitative estimate of drug-likeness (QED) is 0.418. The lowest BCUT2D eigenvalue weighted by molar-refractivity contribution is -0.110. The largest absolute Gasteiger partial charge is 0.382 e. The van der Waals surface area contributed by atoms with Gasteiger partial charge in [0.15, 0.2) is 0 Å². The van der Waals surface area contributed by atoms with E-state index in [1.165, 1.54) is 0 Å². The van der Waals surface area contributed by atoms with Crippen LogP contribution in [0.3, 0.4) is 0 Å². The molecule has 11 heavy (non-hydrogen) atoms. The minimum atomic E-state index is 0.219. The minimum absolute atomic E-state index is 0.219. The summed E-state index contributed by atoms with van der Waals surface area (Å²) in [7, 11) is 0. The van der Waals surface area contributed by atoms with E-state index >= 15 is 0 Å². The van der Waals surface area contributed by atoms with E-state index in [2.05, 4.69) is 0 Å². The van der Waals surface area contributed by atoms with E-state index in [4.69, 9.17) is 4.74 Å². The van der Waals surface area contributed by atoms with E-state index in [1.807, 2.05) is 13.8 Å². The number of hydrogen-bond donors (Lipinski definition) is 0. The molecule has 0 amide bonds. The summed E-state index contributed by atoms with van der Waals surface area (Å²) in [6.45, 7) is 5.58. The Morgan fingerprint density at radius 3 is 2.73 bits per heavy atom. The maximum atomic E-state index is 10.2. The SMILES string of the molecule is CCOCCCCC(C)C=O. The maximum Gasteiger partial charge on any atom is 0.122 e. The molecule has 0 aromatic rings. The Hall–Kier alpha value is -0.370. The van der Waals surface area contributed by atoms with Crippen molar-refractivity contribution in [1.82, 2.24) is 0 Å². The summed E-state index contributed by atoms with van der Waals surface area (Å²) in [5, 5.41) is 0. The highest BCUT2D eigenvalue weighted by molar-refractivity contribution is 5.52. The molecule has 0 saturated heterocycles. The number of carbonyl (C=O) groups excluding carboxylic acids is 1. The van der Waals surface area contributed by atoms with Crippen LogP contribution < -0.4 is 0 Å². The molecular weight excluding hydrogens is 140 g/mol. The lowest BCUT2D eigenvalue weighted by Gasteiger charge is -2.02. The van der Waals surface area contributed by atoms with Crippen LogP contribution in [0.2, 0.25) is 0 Å². The molecule has 66 valence electrons. The molecule has 0 saturated carbocycles. The number of aldehydes is 1. The molecule has 1 atom stereocenters. The number of hydrogen-bond acceptors (Lipinski definition) is 2. The van der Waals surface area contributed by atoms with Gasteiger partial charge < -0.3 is 9.53 Å². The number of carbonyl (C=O) groups is 1. The van der Waals surface area contributed by atoms with Gasteiger partial charge in [-0.2, -0.15) is 0 Å². The highest BCUT2D eigenvalue weighted by Crippen LogP contribution is 2.04. The van der Waals surface area contributed by atoms with Gasteiger partial charge in [-0.05, 0) is 19.8 Å². The zero-order chi connectivity index (χ0) is 8.53. The van der Waals surface area contributed by atoms with Gasteiger partial charge in [-0.1, -0.05) is 13.3 Å². The fourth-order valence-corrected chi connectivity index (χ4v) is 0.883. The van der Waals surface area contributed by atoms with Crippen LogP contribution in [0, 0.1) is 5.92 Å². The van der Waals surface area contributed by atoms with Crippen molar-refractivity contribution < 1.29 is 9.53 Å². The van der Waals surface area contributed by atoms with Crippen molar-refractivity contribution in [2.75, 3.05) is 13.2 Å². The van der Waals surface area contributed by atoms with Crippen LogP contribution in [0.15, 0.2) is 0 Å². The van der Waals surface area contributed by atoms with Crippen LogP contribution in [0.4, 0.5) is 0 Å². The average molecular weight is 158 g/mol. The number of rotatable bonds is 7. The first kappa shape index (κ1) is 10.6. The first-order chi connectivity index (χ1) is 5.31. The summed E-state index contributed by atoms with van der Waals surface area (Å²) in [5.41, 5.74) is 0. The summed E-state index contributed by atoms with van der Waals surface area (Å²) in [5.74, 6) is 0.219. The molecule has 0 aliphatic heterocycles. The van der Waals surface area contributed by atoms with Crippen molar-refractivity contribution in [2.45, 2.75) is 33.1 Å². The molecule has 2 nitrogen and oxygen atoms in total. The normalized spacial score (nSPS) is 12.9. The molecule has 0 bridgehead atoms. The lowest BCUT2D eigenvalue weighted by atomic mass is 10.1. The average Bonchev–Trinajstić information content (AvgIpc) is 2.04. The van der Waals surface area contributed by atoms with Crippen LogP contribution >= 0.6 is 0 Å². The highest BCUT2D eigenvalue weighted by atomic mass is 16.5. The molecule has 0 fully saturated rings. The van der Waals surface area contributed by atoms with Crippen LogP contribution in [-0.4, -0.2) is 19.5 Å². The second-order valence-electron chi connectivity index (χ2n) is 2.81. The monoisotopic (exact) mass is 158 g/mol. The van der Waals surface area contributed by atoms with Gasteiger partial charge in [0, 0.05) is 19.1 Å². The second-order valence-corrected chi connectivity index (χ2v) is 2.81. The fourth-order valence-electron chi connectivity index (χ4n) is 0.883. The van der Waals surface area contributed by atoms with Crippen molar-refractivity contribution in [1.29, 1.82) is 0 Å².